The van der Waals surface area contributed by atoms with Gasteiger partial charge in [0.1, 0.15) is 11.7 Å². The molecule has 9 nitrogen and oxygen atoms in total. The summed E-state index contributed by atoms with van der Waals surface area (Å²) in [4.78, 5) is 34.6. The van der Waals surface area contributed by atoms with Crippen molar-refractivity contribution < 1.29 is 18.0 Å². The number of piperazine rings is 1. The highest BCUT2D eigenvalue weighted by atomic mass is 35.5. The standard InChI is InChI=1S/C28H31ClF3N7O2/c1-16-14-21(25(40)34-20-9-8-18(15-19(20)29)28(30,31)32)38-22(16)23(37-12-10-33-11-13-37)26(41)39-27(38)35-24(36-39)17-6-4-2-3-5-7-17/h6,8-9,15-16,21,33H,2-5,7,10-14H2,1H3,(H,34,40). The molecule has 3 aromatic rings. The summed E-state index contributed by atoms with van der Waals surface area (Å²) in [5, 5.41) is 10.5. The summed E-state index contributed by atoms with van der Waals surface area (Å²) < 4.78 is 42.5. The van der Waals surface area contributed by atoms with Crippen LogP contribution in [-0.4, -0.2) is 51.3 Å². The molecule has 2 aromatic heterocycles. The van der Waals surface area contributed by atoms with Crippen molar-refractivity contribution in [3.05, 3.63) is 56.7 Å². The van der Waals surface area contributed by atoms with Crippen molar-refractivity contribution in [3.63, 3.8) is 0 Å². The van der Waals surface area contributed by atoms with Crippen molar-refractivity contribution >= 4 is 40.2 Å². The first-order valence-electron chi connectivity index (χ1n) is 14.0. The van der Waals surface area contributed by atoms with Crippen molar-refractivity contribution in [1.82, 2.24) is 24.5 Å². The number of allylic oxidation sites excluding steroid dienone is 2. The van der Waals surface area contributed by atoms with Crippen LogP contribution in [0.2, 0.25) is 5.02 Å². The van der Waals surface area contributed by atoms with Crippen LogP contribution in [0, 0.1) is 0 Å². The molecule has 1 fully saturated rings. The number of aromatic nitrogens is 4. The van der Waals surface area contributed by atoms with Crippen LogP contribution in [0.25, 0.3) is 11.4 Å². The highest BCUT2D eigenvalue weighted by Gasteiger charge is 2.40. The van der Waals surface area contributed by atoms with Gasteiger partial charge >= 0.3 is 6.18 Å². The van der Waals surface area contributed by atoms with E-state index in [-0.39, 0.29) is 28.0 Å². The van der Waals surface area contributed by atoms with Gasteiger partial charge < -0.3 is 15.5 Å². The second-order valence-electron chi connectivity index (χ2n) is 11.0. The van der Waals surface area contributed by atoms with Crippen LogP contribution in [0.3, 0.4) is 0 Å². The third-order valence-corrected chi connectivity index (χ3v) is 8.49. The zero-order valence-electron chi connectivity index (χ0n) is 22.6. The second kappa shape index (κ2) is 10.8. The summed E-state index contributed by atoms with van der Waals surface area (Å²) in [7, 11) is 0. The number of alkyl halides is 3. The van der Waals surface area contributed by atoms with Gasteiger partial charge in [0.05, 0.1) is 22.0 Å². The molecule has 2 aliphatic heterocycles. The van der Waals surface area contributed by atoms with Gasteiger partial charge in [-0.05, 0) is 55.9 Å². The Morgan fingerprint density at radius 3 is 2.68 bits per heavy atom. The maximum absolute atomic E-state index is 14.0. The highest BCUT2D eigenvalue weighted by molar-refractivity contribution is 6.33. The lowest BCUT2D eigenvalue weighted by atomic mass is 10.0. The van der Waals surface area contributed by atoms with E-state index in [9.17, 15) is 22.8 Å². The maximum atomic E-state index is 14.0. The van der Waals surface area contributed by atoms with Gasteiger partial charge in [0.2, 0.25) is 11.7 Å². The smallest absolute Gasteiger partial charge is 0.363 e. The first-order chi connectivity index (χ1) is 19.6. The fraction of sp³-hybridized carbons (Fsp3) is 0.500. The first-order valence-corrected chi connectivity index (χ1v) is 14.4. The SMILES string of the molecule is CC1CC(C(=O)Nc2ccc(C(F)(F)F)cc2Cl)n2c1c(N1CCNCC1)c(=O)n1nc(C3=CCCCCC3)nc21. The van der Waals surface area contributed by atoms with Gasteiger partial charge in [-0.15, -0.1) is 5.10 Å². The quantitative estimate of drug-likeness (QED) is 0.444. The minimum absolute atomic E-state index is 0.0796. The Hall–Kier alpha value is -3.38. The normalized spacial score (nSPS) is 21.5. The van der Waals surface area contributed by atoms with E-state index < -0.39 is 23.7 Å². The third-order valence-electron chi connectivity index (χ3n) is 8.18. The summed E-state index contributed by atoms with van der Waals surface area (Å²) in [6.07, 6.45) is 2.91. The van der Waals surface area contributed by atoms with Crippen molar-refractivity contribution in [2.24, 2.45) is 0 Å². The van der Waals surface area contributed by atoms with E-state index in [1.807, 2.05) is 11.8 Å². The Morgan fingerprint density at radius 2 is 1.95 bits per heavy atom. The van der Waals surface area contributed by atoms with Crippen molar-refractivity contribution in [3.8, 4) is 0 Å². The molecule has 13 heteroatoms. The number of carbonyl (C=O) groups is 1. The lowest BCUT2D eigenvalue weighted by Gasteiger charge is -2.31. The Bertz CT molecular complexity index is 1590. The minimum Gasteiger partial charge on any atom is -0.363 e. The predicted octanol–water partition coefficient (Wildman–Crippen LogP) is 5.01. The van der Waals surface area contributed by atoms with Gasteiger partial charge in [-0.2, -0.15) is 22.7 Å². The van der Waals surface area contributed by atoms with Crippen LogP contribution < -0.4 is 21.1 Å². The molecule has 1 amide bonds. The number of halogens is 4. The number of anilines is 2. The van der Waals surface area contributed by atoms with E-state index in [0.29, 0.717) is 31.0 Å². The maximum Gasteiger partial charge on any atom is 0.416 e. The van der Waals surface area contributed by atoms with Crippen molar-refractivity contribution in [2.75, 3.05) is 36.4 Å². The van der Waals surface area contributed by atoms with E-state index in [0.717, 1.165) is 74.7 Å². The van der Waals surface area contributed by atoms with Crippen molar-refractivity contribution in [2.45, 2.75) is 63.6 Å². The number of amides is 1. The van der Waals surface area contributed by atoms with Crippen LogP contribution >= 0.6 is 11.6 Å². The second-order valence-corrected chi connectivity index (χ2v) is 11.4. The molecule has 218 valence electrons. The highest BCUT2D eigenvalue weighted by Crippen LogP contribution is 2.42. The fourth-order valence-corrected chi connectivity index (χ4v) is 6.36. The summed E-state index contributed by atoms with van der Waals surface area (Å²) in [5.74, 6) is 0.161. The minimum atomic E-state index is -4.55. The molecule has 1 aromatic carbocycles. The zero-order valence-corrected chi connectivity index (χ0v) is 23.4. The predicted molar refractivity (Wildman–Crippen MR) is 151 cm³/mol. The number of nitrogens with one attached hydrogen (secondary N) is 2. The number of rotatable bonds is 4. The molecule has 2 unspecified atom stereocenters. The van der Waals surface area contributed by atoms with Crippen LogP contribution in [-0.2, 0) is 11.0 Å². The molecule has 2 atom stereocenters. The van der Waals surface area contributed by atoms with E-state index >= 15 is 0 Å². The molecule has 0 spiro atoms. The lowest BCUT2D eigenvalue weighted by Crippen LogP contribution is -2.46. The van der Waals surface area contributed by atoms with E-state index in [1.165, 1.54) is 4.52 Å². The first kappa shape index (κ1) is 27.8. The number of carbonyl (C=O) groups excluding carboxylic acids is 1. The van der Waals surface area contributed by atoms with Gasteiger partial charge in [-0.3, -0.25) is 14.2 Å². The molecule has 0 radical (unpaired) electrons. The Kier molecular flexibility index (Phi) is 7.31. The summed E-state index contributed by atoms with van der Waals surface area (Å²) >= 11 is 6.15. The topological polar surface area (TPSA) is 96.6 Å². The number of hydrogen-bond acceptors (Lipinski definition) is 6. The zero-order chi connectivity index (χ0) is 28.9. The van der Waals surface area contributed by atoms with E-state index in [4.69, 9.17) is 16.6 Å². The number of hydrogen-bond donors (Lipinski definition) is 2. The Labute approximate surface area is 239 Å². The average molecular weight is 590 g/mol. The van der Waals surface area contributed by atoms with Crippen LogP contribution in [0.4, 0.5) is 24.5 Å². The van der Waals surface area contributed by atoms with Gasteiger partial charge in [0.25, 0.3) is 5.56 Å². The molecule has 6 rings (SSSR count). The Balaban J connectivity index is 1.46. The number of benzene rings is 1. The summed E-state index contributed by atoms with van der Waals surface area (Å²) in [6, 6.07) is 2.06. The van der Waals surface area contributed by atoms with Crippen LogP contribution in [0.15, 0.2) is 29.1 Å². The van der Waals surface area contributed by atoms with Crippen LogP contribution in [0.1, 0.15) is 74.5 Å². The van der Waals surface area contributed by atoms with E-state index in [1.54, 1.807) is 4.57 Å². The Morgan fingerprint density at radius 1 is 1.17 bits per heavy atom. The van der Waals surface area contributed by atoms with Gasteiger partial charge in [-0.1, -0.05) is 31.0 Å². The molecule has 3 aliphatic rings. The molecule has 2 N–H and O–H groups in total. The van der Waals surface area contributed by atoms with Crippen LogP contribution in [0.5, 0.6) is 0 Å². The summed E-state index contributed by atoms with van der Waals surface area (Å²) in [6.45, 7) is 4.67. The third kappa shape index (κ3) is 5.12. The summed E-state index contributed by atoms with van der Waals surface area (Å²) in [5.41, 5.74) is 1.14. The molecule has 1 saturated heterocycles. The molecular weight excluding hydrogens is 559 g/mol. The molecule has 0 saturated carbocycles. The average Bonchev–Trinajstić information content (AvgIpc) is 3.41. The fourth-order valence-electron chi connectivity index (χ4n) is 6.13. The lowest BCUT2D eigenvalue weighted by molar-refractivity contribution is -0.137. The molecular formula is C28H31ClF3N7O2. The molecule has 4 heterocycles. The monoisotopic (exact) mass is 589 g/mol. The van der Waals surface area contributed by atoms with Gasteiger partial charge in [0, 0.05) is 32.1 Å². The molecule has 0 bridgehead atoms. The van der Waals surface area contributed by atoms with Crippen molar-refractivity contribution in [1.29, 1.82) is 0 Å². The van der Waals surface area contributed by atoms with E-state index in [2.05, 4.69) is 21.8 Å². The molecule has 1 aliphatic carbocycles. The number of nitrogens with zero attached hydrogens (tertiary/aromatic N) is 5. The largest absolute Gasteiger partial charge is 0.416 e. The van der Waals surface area contributed by atoms with Gasteiger partial charge in [0.15, 0.2) is 5.82 Å². The number of fused-ring (bicyclic) bond motifs is 3. The molecule has 41 heavy (non-hydrogen) atoms. The van der Waals surface area contributed by atoms with Gasteiger partial charge in [-0.25, -0.2) is 0 Å².